The Morgan fingerprint density at radius 1 is 1.14 bits per heavy atom. The lowest BCUT2D eigenvalue weighted by Gasteiger charge is -2.23. The van der Waals surface area contributed by atoms with Gasteiger partial charge >= 0.3 is 0 Å². The highest BCUT2D eigenvalue weighted by molar-refractivity contribution is 5.22. The molecule has 2 rings (SSSR count). The second kappa shape index (κ2) is 3.21. The molecule has 0 saturated carbocycles. The molecule has 0 aliphatic carbocycles. The summed E-state index contributed by atoms with van der Waals surface area (Å²) >= 11 is 0. The standard InChI is InChI=1S/C10H12N4/c1-10(2,14-12-8-11-13-14)9-6-4-3-5-7-9/h3-8H,1-2H3. The third-order valence-electron chi connectivity index (χ3n) is 2.33. The van der Waals surface area contributed by atoms with Gasteiger partial charge in [-0.2, -0.15) is 4.80 Å². The highest BCUT2D eigenvalue weighted by Crippen LogP contribution is 2.22. The molecular weight excluding hydrogens is 176 g/mol. The van der Waals surface area contributed by atoms with Crippen LogP contribution >= 0.6 is 0 Å². The maximum atomic E-state index is 4.06. The van der Waals surface area contributed by atoms with Crippen molar-refractivity contribution in [1.29, 1.82) is 0 Å². The minimum absolute atomic E-state index is 0.252. The number of benzene rings is 1. The maximum absolute atomic E-state index is 4.06. The normalized spacial score (nSPS) is 11.6. The zero-order chi connectivity index (χ0) is 10.0. The quantitative estimate of drug-likeness (QED) is 0.716. The largest absolute Gasteiger partial charge is 0.162 e. The van der Waals surface area contributed by atoms with Crippen LogP contribution in [0.2, 0.25) is 0 Å². The Bertz CT molecular complexity index is 391. The second-order valence-electron chi connectivity index (χ2n) is 3.65. The van der Waals surface area contributed by atoms with Crippen molar-refractivity contribution in [1.82, 2.24) is 20.2 Å². The number of hydrogen-bond acceptors (Lipinski definition) is 3. The first kappa shape index (κ1) is 8.87. The Labute approximate surface area is 82.6 Å². The molecule has 1 heterocycles. The molecule has 0 fully saturated rings. The molecule has 14 heavy (non-hydrogen) atoms. The number of aromatic nitrogens is 4. The van der Waals surface area contributed by atoms with E-state index in [1.165, 1.54) is 6.33 Å². The van der Waals surface area contributed by atoms with Crippen molar-refractivity contribution in [3.05, 3.63) is 42.2 Å². The molecule has 0 radical (unpaired) electrons. The number of nitrogens with zero attached hydrogens (tertiary/aromatic N) is 4. The fourth-order valence-corrected chi connectivity index (χ4v) is 1.38. The topological polar surface area (TPSA) is 43.6 Å². The van der Waals surface area contributed by atoms with Crippen LogP contribution in [0.3, 0.4) is 0 Å². The molecule has 2 aromatic rings. The van der Waals surface area contributed by atoms with Crippen molar-refractivity contribution in [3.63, 3.8) is 0 Å². The van der Waals surface area contributed by atoms with E-state index in [4.69, 9.17) is 0 Å². The first-order valence-electron chi connectivity index (χ1n) is 4.50. The van der Waals surface area contributed by atoms with Gasteiger partial charge in [0.25, 0.3) is 0 Å². The van der Waals surface area contributed by atoms with Crippen LogP contribution < -0.4 is 0 Å². The minimum Gasteiger partial charge on any atom is -0.154 e. The molecule has 4 heteroatoms. The SMILES string of the molecule is CC(C)(c1ccccc1)n1ncnn1. The molecule has 0 atom stereocenters. The Morgan fingerprint density at radius 2 is 1.86 bits per heavy atom. The zero-order valence-electron chi connectivity index (χ0n) is 8.25. The van der Waals surface area contributed by atoms with Crippen molar-refractivity contribution in [3.8, 4) is 0 Å². The van der Waals surface area contributed by atoms with Crippen LogP contribution in [-0.2, 0) is 5.54 Å². The van der Waals surface area contributed by atoms with E-state index in [1.54, 1.807) is 4.80 Å². The average molecular weight is 188 g/mol. The molecule has 0 saturated heterocycles. The molecule has 0 N–H and O–H groups in total. The summed E-state index contributed by atoms with van der Waals surface area (Å²) in [6.07, 6.45) is 1.45. The van der Waals surface area contributed by atoms with E-state index in [-0.39, 0.29) is 5.54 Å². The fourth-order valence-electron chi connectivity index (χ4n) is 1.38. The van der Waals surface area contributed by atoms with Gasteiger partial charge in [-0.1, -0.05) is 30.3 Å². The highest BCUT2D eigenvalue weighted by Gasteiger charge is 2.24. The minimum atomic E-state index is -0.252. The molecule has 0 spiro atoms. The summed E-state index contributed by atoms with van der Waals surface area (Å²) in [5.74, 6) is 0. The summed E-state index contributed by atoms with van der Waals surface area (Å²) < 4.78 is 0. The molecule has 1 aromatic carbocycles. The Kier molecular flexibility index (Phi) is 2.04. The Hall–Kier alpha value is -1.71. The highest BCUT2D eigenvalue weighted by atomic mass is 15.6. The van der Waals surface area contributed by atoms with Crippen LogP contribution in [0.1, 0.15) is 19.4 Å². The predicted molar refractivity (Wildman–Crippen MR) is 52.7 cm³/mol. The summed E-state index contributed by atoms with van der Waals surface area (Å²) in [5.41, 5.74) is 0.913. The molecule has 0 unspecified atom stereocenters. The van der Waals surface area contributed by atoms with Crippen molar-refractivity contribution in [2.75, 3.05) is 0 Å². The number of rotatable bonds is 2. The molecule has 0 aliphatic rings. The second-order valence-corrected chi connectivity index (χ2v) is 3.65. The molecule has 72 valence electrons. The molecular formula is C10H12N4. The van der Waals surface area contributed by atoms with Crippen molar-refractivity contribution in [2.45, 2.75) is 19.4 Å². The van der Waals surface area contributed by atoms with Gasteiger partial charge in [0.2, 0.25) is 0 Å². The van der Waals surface area contributed by atoms with Crippen LogP contribution in [0, 0.1) is 0 Å². The summed E-state index contributed by atoms with van der Waals surface area (Å²) in [6, 6.07) is 10.1. The van der Waals surface area contributed by atoms with Crippen LogP contribution in [0.4, 0.5) is 0 Å². The number of tetrazole rings is 1. The molecule has 0 amide bonds. The third kappa shape index (κ3) is 1.39. The summed E-state index contributed by atoms with van der Waals surface area (Å²) in [4.78, 5) is 1.61. The lowest BCUT2D eigenvalue weighted by atomic mass is 9.95. The predicted octanol–water partition coefficient (Wildman–Crippen LogP) is 1.46. The fraction of sp³-hybridized carbons (Fsp3) is 0.300. The summed E-state index contributed by atoms with van der Waals surface area (Å²) in [6.45, 7) is 4.12. The van der Waals surface area contributed by atoms with Crippen molar-refractivity contribution >= 4 is 0 Å². The summed E-state index contributed by atoms with van der Waals surface area (Å²) in [7, 11) is 0. The van der Waals surface area contributed by atoms with Gasteiger partial charge in [-0.05, 0) is 24.6 Å². The Morgan fingerprint density at radius 3 is 2.43 bits per heavy atom. The van der Waals surface area contributed by atoms with Crippen molar-refractivity contribution < 1.29 is 0 Å². The molecule has 1 aromatic heterocycles. The van der Waals surface area contributed by atoms with Crippen LogP contribution in [0.25, 0.3) is 0 Å². The van der Waals surface area contributed by atoms with Gasteiger partial charge < -0.3 is 0 Å². The van der Waals surface area contributed by atoms with Crippen LogP contribution in [0.5, 0.6) is 0 Å². The smallest absolute Gasteiger partial charge is 0.154 e. The first-order valence-corrected chi connectivity index (χ1v) is 4.50. The van der Waals surface area contributed by atoms with Crippen molar-refractivity contribution in [2.24, 2.45) is 0 Å². The third-order valence-corrected chi connectivity index (χ3v) is 2.33. The molecule has 0 aliphatic heterocycles. The maximum Gasteiger partial charge on any atom is 0.162 e. The van der Waals surface area contributed by atoms with Gasteiger partial charge in [-0.15, -0.1) is 10.2 Å². The van der Waals surface area contributed by atoms with E-state index < -0.39 is 0 Å². The van der Waals surface area contributed by atoms with E-state index >= 15 is 0 Å². The zero-order valence-corrected chi connectivity index (χ0v) is 8.25. The molecule has 0 bridgehead atoms. The van der Waals surface area contributed by atoms with Crippen LogP contribution in [0.15, 0.2) is 36.7 Å². The first-order chi connectivity index (χ1) is 6.71. The van der Waals surface area contributed by atoms with Gasteiger partial charge in [-0.25, -0.2) is 0 Å². The average Bonchev–Trinajstić information content (AvgIpc) is 2.72. The van der Waals surface area contributed by atoms with E-state index in [0.717, 1.165) is 5.56 Å². The van der Waals surface area contributed by atoms with E-state index in [0.29, 0.717) is 0 Å². The van der Waals surface area contributed by atoms with E-state index in [9.17, 15) is 0 Å². The lowest BCUT2D eigenvalue weighted by molar-refractivity contribution is 0.336. The van der Waals surface area contributed by atoms with Gasteiger partial charge in [0.15, 0.2) is 6.33 Å². The summed E-state index contributed by atoms with van der Waals surface area (Å²) in [5, 5.41) is 11.7. The van der Waals surface area contributed by atoms with E-state index in [2.05, 4.69) is 41.4 Å². The monoisotopic (exact) mass is 188 g/mol. The van der Waals surface area contributed by atoms with E-state index in [1.807, 2.05) is 18.2 Å². The van der Waals surface area contributed by atoms with Crippen LogP contribution in [-0.4, -0.2) is 20.2 Å². The number of hydrogen-bond donors (Lipinski definition) is 0. The van der Waals surface area contributed by atoms with Gasteiger partial charge in [0, 0.05) is 0 Å². The van der Waals surface area contributed by atoms with Gasteiger partial charge in [-0.3, -0.25) is 0 Å². The molecule has 4 nitrogen and oxygen atoms in total. The van der Waals surface area contributed by atoms with Gasteiger partial charge in [0.05, 0.1) is 0 Å². The van der Waals surface area contributed by atoms with Gasteiger partial charge in [0.1, 0.15) is 5.54 Å². The Balaban J connectivity index is 2.43. The lowest BCUT2D eigenvalue weighted by Crippen LogP contribution is -2.30.